The highest BCUT2D eigenvalue weighted by atomic mass is 35.5. The Morgan fingerprint density at radius 2 is 2.10 bits per heavy atom. The number of rotatable bonds is 5. The van der Waals surface area contributed by atoms with Crippen molar-refractivity contribution in [1.29, 1.82) is 0 Å². The third-order valence-corrected chi connectivity index (χ3v) is 4.07. The molecule has 1 atom stereocenters. The maximum atomic E-state index is 12.0. The molecule has 1 unspecified atom stereocenters. The summed E-state index contributed by atoms with van der Waals surface area (Å²) in [7, 11) is 0. The fraction of sp³-hybridized carbons (Fsp3) is 0.467. The van der Waals surface area contributed by atoms with Crippen molar-refractivity contribution < 1.29 is 14.7 Å². The molecule has 1 fully saturated rings. The predicted octanol–water partition coefficient (Wildman–Crippen LogP) is 3.04. The van der Waals surface area contributed by atoms with Gasteiger partial charge in [-0.1, -0.05) is 30.7 Å². The van der Waals surface area contributed by atoms with Crippen LogP contribution >= 0.6 is 11.6 Å². The molecule has 1 amide bonds. The van der Waals surface area contributed by atoms with Crippen LogP contribution in [-0.4, -0.2) is 27.9 Å². The molecule has 108 valence electrons. The Hall–Kier alpha value is -1.55. The minimum atomic E-state index is -1.34. The summed E-state index contributed by atoms with van der Waals surface area (Å²) >= 11 is 6.00. The summed E-state index contributed by atoms with van der Waals surface area (Å²) in [5, 5.41) is 10.3. The van der Waals surface area contributed by atoms with Crippen LogP contribution in [-0.2, 0) is 15.1 Å². The van der Waals surface area contributed by atoms with E-state index in [2.05, 4.69) is 0 Å². The third kappa shape index (κ3) is 2.40. The highest BCUT2D eigenvalue weighted by molar-refractivity contribution is 6.30. The number of carboxylic acids is 1. The lowest BCUT2D eigenvalue weighted by Gasteiger charge is -2.40. The molecule has 0 radical (unpaired) electrons. The number of carbonyl (C=O) groups excluding carboxylic acids is 1. The quantitative estimate of drug-likeness (QED) is 0.908. The van der Waals surface area contributed by atoms with Crippen molar-refractivity contribution in [2.45, 2.75) is 44.7 Å². The van der Waals surface area contributed by atoms with Gasteiger partial charge in [-0.15, -0.1) is 0 Å². The van der Waals surface area contributed by atoms with Gasteiger partial charge in [-0.05, 0) is 37.0 Å². The molecule has 1 aliphatic rings. The second kappa shape index (κ2) is 5.44. The van der Waals surface area contributed by atoms with E-state index in [1.807, 2.05) is 0 Å². The van der Waals surface area contributed by atoms with Crippen LogP contribution in [0.3, 0.4) is 0 Å². The van der Waals surface area contributed by atoms with Crippen LogP contribution in [0.1, 0.15) is 38.7 Å². The van der Waals surface area contributed by atoms with Crippen LogP contribution in [0.25, 0.3) is 0 Å². The van der Waals surface area contributed by atoms with Crippen LogP contribution in [0, 0.1) is 0 Å². The molecule has 1 N–H and O–H groups in total. The minimum Gasteiger partial charge on any atom is -0.479 e. The van der Waals surface area contributed by atoms with Crippen LogP contribution in [0.5, 0.6) is 0 Å². The van der Waals surface area contributed by atoms with E-state index < -0.39 is 11.5 Å². The Bertz CT molecular complexity index is 542. The van der Waals surface area contributed by atoms with Gasteiger partial charge in [0.1, 0.15) is 0 Å². The smallest absolute Gasteiger partial charge is 0.334 e. The minimum absolute atomic E-state index is 0.0162. The van der Waals surface area contributed by atoms with Crippen molar-refractivity contribution in [3.05, 3.63) is 34.9 Å². The van der Waals surface area contributed by atoms with Gasteiger partial charge in [0.25, 0.3) is 0 Å². The summed E-state index contributed by atoms with van der Waals surface area (Å²) in [6, 6.07) is 6.79. The van der Waals surface area contributed by atoms with Crippen LogP contribution in [0.15, 0.2) is 24.3 Å². The Kier molecular flexibility index (Phi) is 4.04. The van der Waals surface area contributed by atoms with Gasteiger partial charge in [0, 0.05) is 18.0 Å². The van der Waals surface area contributed by atoms with Gasteiger partial charge in [-0.2, -0.15) is 0 Å². The van der Waals surface area contributed by atoms with Crippen molar-refractivity contribution in [2.75, 3.05) is 0 Å². The monoisotopic (exact) mass is 295 g/mol. The van der Waals surface area contributed by atoms with Crippen molar-refractivity contribution in [3.8, 4) is 0 Å². The van der Waals surface area contributed by atoms with Gasteiger partial charge in [-0.25, -0.2) is 4.79 Å². The number of hydrogen-bond donors (Lipinski definition) is 1. The number of carboxylic acid groups (broad SMARTS) is 1. The molecule has 0 aromatic heterocycles. The largest absolute Gasteiger partial charge is 0.479 e. The molecule has 0 spiro atoms. The normalized spacial score (nSPS) is 17.4. The number of carbonyl (C=O) groups is 2. The number of hydrogen-bond acceptors (Lipinski definition) is 2. The molecular formula is C15H18ClNO3. The molecule has 1 saturated carbocycles. The molecule has 1 aromatic carbocycles. The lowest BCUT2D eigenvalue weighted by molar-refractivity contribution is -0.161. The number of amides is 1. The van der Waals surface area contributed by atoms with E-state index >= 15 is 0 Å². The molecule has 1 aromatic rings. The standard InChI is InChI=1S/C15H18ClNO3/c1-3-15(14(19)20,11-5-4-6-12(16)9-11)17(10(2)18)13-7-8-13/h4-6,9,13H,3,7-8H2,1-2H3,(H,19,20). The predicted molar refractivity (Wildman–Crippen MR) is 76.6 cm³/mol. The Morgan fingerprint density at radius 1 is 1.45 bits per heavy atom. The number of aliphatic carboxylic acids is 1. The second-order valence-electron chi connectivity index (χ2n) is 5.15. The van der Waals surface area contributed by atoms with E-state index in [9.17, 15) is 14.7 Å². The first-order chi connectivity index (χ1) is 9.43. The first-order valence-electron chi connectivity index (χ1n) is 6.72. The summed E-state index contributed by atoms with van der Waals surface area (Å²) in [5.41, 5.74) is -0.778. The first-order valence-corrected chi connectivity index (χ1v) is 7.10. The SMILES string of the molecule is CCC(C(=O)O)(c1cccc(Cl)c1)N(C(C)=O)C1CC1. The van der Waals surface area contributed by atoms with E-state index in [-0.39, 0.29) is 11.9 Å². The van der Waals surface area contributed by atoms with Crippen LogP contribution < -0.4 is 0 Å². The molecular weight excluding hydrogens is 278 g/mol. The first kappa shape index (κ1) is 14.9. The fourth-order valence-electron chi connectivity index (χ4n) is 2.81. The Morgan fingerprint density at radius 3 is 2.50 bits per heavy atom. The van der Waals surface area contributed by atoms with Gasteiger partial charge in [-0.3, -0.25) is 4.79 Å². The highest BCUT2D eigenvalue weighted by Crippen LogP contribution is 2.41. The number of nitrogens with zero attached hydrogens (tertiary/aromatic N) is 1. The molecule has 20 heavy (non-hydrogen) atoms. The molecule has 0 saturated heterocycles. The Labute approximate surface area is 123 Å². The molecule has 2 rings (SSSR count). The lowest BCUT2D eigenvalue weighted by atomic mass is 9.85. The van der Waals surface area contributed by atoms with E-state index in [4.69, 9.17) is 11.6 Å². The van der Waals surface area contributed by atoms with Crippen molar-refractivity contribution in [1.82, 2.24) is 4.90 Å². The second-order valence-corrected chi connectivity index (χ2v) is 5.59. The topological polar surface area (TPSA) is 57.6 Å². The van der Waals surface area contributed by atoms with E-state index in [0.29, 0.717) is 17.0 Å². The zero-order valence-corrected chi connectivity index (χ0v) is 12.4. The lowest BCUT2D eigenvalue weighted by Crippen LogP contribution is -2.54. The Balaban J connectivity index is 2.60. The van der Waals surface area contributed by atoms with E-state index in [0.717, 1.165) is 12.8 Å². The summed E-state index contributed by atoms with van der Waals surface area (Å²) in [6.07, 6.45) is 2.02. The molecule has 0 aliphatic heterocycles. The average Bonchev–Trinajstić information content (AvgIpc) is 3.18. The highest BCUT2D eigenvalue weighted by Gasteiger charge is 2.51. The van der Waals surface area contributed by atoms with Crippen molar-refractivity contribution >= 4 is 23.5 Å². The third-order valence-electron chi connectivity index (χ3n) is 3.83. The van der Waals surface area contributed by atoms with Gasteiger partial charge >= 0.3 is 5.97 Å². The zero-order chi connectivity index (χ0) is 14.9. The van der Waals surface area contributed by atoms with Gasteiger partial charge in [0.05, 0.1) is 0 Å². The molecule has 4 nitrogen and oxygen atoms in total. The van der Waals surface area contributed by atoms with Gasteiger partial charge in [0.15, 0.2) is 5.54 Å². The van der Waals surface area contributed by atoms with Gasteiger partial charge < -0.3 is 10.0 Å². The summed E-state index contributed by atoms with van der Waals surface area (Å²) in [5.74, 6) is -1.22. The van der Waals surface area contributed by atoms with Crippen molar-refractivity contribution in [3.63, 3.8) is 0 Å². The average molecular weight is 296 g/mol. The zero-order valence-electron chi connectivity index (χ0n) is 11.6. The van der Waals surface area contributed by atoms with E-state index in [1.54, 1.807) is 31.2 Å². The van der Waals surface area contributed by atoms with Crippen LogP contribution in [0.2, 0.25) is 5.02 Å². The number of halogens is 1. The van der Waals surface area contributed by atoms with E-state index in [1.165, 1.54) is 11.8 Å². The van der Waals surface area contributed by atoms with Crippen LogP contribution in [0.4, 0.5) is 0 Å². The molecule has 1 aliphatic carbocycles. The summed E-state index contributed by atoms with van der Waals surface area (Å²) in [6.45, 7) is 3.21. The molecule has 0 bridgehead atoms. The van der Waals surface area contributed by atoms with Crippen molar-refractivity contribution in [2.24, 2.45) is 0 Å². The molecule has 5 heteroatoms. The summed E-state index contributed by atoms with van der Waals surface area (Å²) in [4.78, 5) is 25.5. The summed E-state index contributed by atoms with van der Waals surface area (Å²) < 4.78 is 0. The maximum absolute atomic E-state index is 12.0. The maximum Gasteiger partial charge on any atom is 0.334 e. The fourth-order valence-corrected chi connectivity index (χ4v) is 3.00. The van der Waals surface area contributed by atoms with Gasteiger partial charge in [0.2, 0.25) is 5.91 Å². The number of benzene rings is 1. The molecule has 0 heterocycles.